The maximum Gasteiger partial charge on any atom is 0.244 e. The first kappa shape index (κ1) is 16.7. The van der Waals surface area contributed by atoms with E-state index in [0.717, 1.165) is 12.1 Å². The largest absolute Gasteiger partial charge is 0.380 e. The molecular formula is C14H21ClN2O3S. The minimum atomic E-state index is -3.57. The van der Waals surface area contributed by atoms with E-state index in [1.165, 1.54) is 4.31 Å². The Bertz CT molecular complexity index is 570. The van der Waals surface area contributed by atoms with Gasteiger partial charge in [-0.1, -0.05) is 24.6 Å². The number of nitrogens with zero attached hydrogens (tertiary/aromatic N) is 1. The number of halogens is 1. The fourth-order valence-corrected chi connectivity index (χ4v) is 4.21. The summed E-state index contributed by atoms with van der Waals surface area (Å²) in [5.74, 6) is 0. The van der Waals surface area contributed by atoms with Gasteiger partial charge in [0.15, 0.2) is 0 Å². The highest BCUT2D eigenvalue weighted by molar-refractivity contribution is 7.89. The Labute approximate surface area is 131 Å². The van der Waals surface area contributed by atoms with Gasteiger partial charge in [-0.2, -0.15) is 4.31 Å². The summed E-state index contributed by atoms with van der Waals surface area (Å²) in [6, 6.07) is 5.15. The highest BCUT2D eigenvalue weighted by Gasteiger charge is 2.27. The molecule has 118 valence electrons. The molecule has 0 atom stereocenters. The molecule has 1 saturated heterocycles. The van der Waals surface area contributed by atoms with Gasteiger partial charge >= 0.3 is 0 Å². The van der Waals surface area contributed by atoms with Crippen LogP contribution in [-0.2, 0) is 21.3 Å². The summed E-state index contributed by atoms with van der Waals surface area (Å²) in [6.45, 7) is 5.32. The molecule has 1 aromatic rings. The Morgan fingerprint density at radius 1 is 1.33 bits per heavy atom. The zero-order chi connectivity index (χ0) is 15.3. The highest BCUT2D eigenvalue weighted by atomic mass is 35.5. The van der Waals surface area contributed by atoms with Gasteiger partial charge in [-0.25, -0.2) is 8.42 Å². The molecule has 0 saturated carbocycles. The quantitative estimate of drug-likeness (QED) is 0.894. The lowest BCUT2D eigenvalue weighted by Crippen LogP contribution is -2.33. The third kappa shape index (κ3) is 4.17. The molecule has 0 unspecified atom stereocenters. The van der Waals surface area contributed by atoms with Gasteiger partial charge in [0.1, 0.15) is 4.90 Å². The van der Waals surface area contributed by atoms with Crippen molar-refractivity contribution in [1.29, 1.82) is 0 Å². The predicted octanol–water partition coefficient (Wildman–Crippen LogP) is 1.86. The second-order valence-electron chi connectivity index (χ2n) is 4.92. The van der Waals surface area contributed by atoms with Gasteiger partial charge in [-0.3, -0.25) is 0 Å². The van der Waals surface area contributed by atoms with Crippen LogP contribution >= 0.6 is 11.6 Å². The molecule has 0 aromatic heterocycles. The summed E-state index contributed by atoms with van der Waals surface area (Å²) in [5.41, 5.74) is 0.908. The van der Waals surface area contributed by atoms with Crippen molar-refractivity contribution in [3.05, 3.63) is 28.8 Å². The minimum absolute atomic E-state index is 0.182. The fraction of sp³-hybridized carbons (Fsp3) is 0.571. The van der Waals surface area contributed by atoms with E-state index in [0.29, 0.717) is 39.3 Å². The number of ether oxygens (including phenoxy) is 1. The molecule has 1 aliphatic heterocycles. The molecule has 21 heavy (non-hydrogen) atoms. The van der Waals surface area contributed by atoms with Crippen LogP contribution in [0.5, 0.6) is 0 Å². The summed E-state index contributed by atoms with van der Waals surface area (Å²) in [6.07, 6.45) is 0.702. The first-order chi connectivity index (χ1) is 10.1. The van der Waals surface area contributed by atoms with E-state index >= 15 is 0 Å². The minimum Gasteiger partial charge on any atom is -0.380 e. The van der Waals surface area contributed by atoms with Crippen molar-refractivity contribution in [3.63, 3.8) is 0 Å². The smallest absolute Gasteiger partial charge is 0.244 e. The maximum absolute atomic E-state index is 12.8. The fourth-order valence-electron chi connectivity index (χ4n) is 2.23. The summed E-state index contributed by atoms with van der Waals surface area (Å²) in [4.78, 5) is 0.182. The van der Waals surface area contributed by atoms with Crippen LogP contribution in [0.2, 0.25) is 5.02 Å². The number of rotatable bonds is 5. The highest BCUT2D eigenvalue weighted by Crippen LogP contribution is 2.26. The number of hydrogen-bond acceptors (Lipinski definition) is 4. The molecule has 5 nitrogen and oxygen atoms in total. The van der Waals surface area contributed by atoms with Crippen LogP contribution in [0.4, 0.5) is 0 Å². The van der Waals surface area contributed by atoms with Crippen LogP contribution in [0.1, 0.15) is 18.9 Å². The number of hydrogen-bond donors (Lipinski definition) is 1. The van der Waals surface area contributed by atoms with Crippen LogP contribution in [-0.4, -0.2) is 45.6 Å². The zero-order valence-corrected chi connectivity index (χ0v) is 13.7. The molecule has 2 rings (SSSR count). The zero-order valence-electron chi connectivity index (χ0n) is 12.1. The lowest BCUT2D eigenvalue weighted by Gasteiger charge is -2.20. The summed E-state index contributed by atoms with van der Waals surface area (Å²) < 4.78 is 32.3. The molecule has 1 aliphatic rings. The number of sulfonamides is 1. The number of benzene rings is 1. The molecule has 1 aromatic carbocycles. The summed E-state index contributed by atoms with van der Waals surface area (Å²) >= 11 is 6.12. The SMILES string of the molecule is CCNCc1ccc(Cl)c(S(=O)(=O)N2CCCOCC2)c1. The first-order valence-electron chi connectivity index (χ1n) is 7.12. The maximum atomic E-state index is 12.8. The average molecular weight is 333 g/mol. The van der Waals surface area contributed by atoms with Gasteiger partial charge < -0.3 is 10.1 Å². The van der Waals surface area contributed by atoms with Crippen LogP contribution in [0.15, 0.2) is 23.1 Å². The third-order valence-corrected chi connectivity index (χ3v) is 5.75. The van der Waals surface area contributed by atoms with Crippen molar-refractivity contribution in [1.82, 2.24) is 9.62 Å². The average Bonchev–Trinajstić information content (AvgIpc) is 2.75. The van der Waals surface area contributed by atoms with Gasteiger partial charge in [-0.15, -0.1) is 0 Å². The molecule has 7 heteroatoms. The third-order valence-electron chi connectivity index (χ3n) is 3.37. The van der Waals surface area contributed by atoms with Gasteiger partial charge in [0.2, 0.25) is 10.0 Å². The van der Waals surface area contributed by atoms with E-state index in [2.05, 4.69) is 5.32 Å². The van der Waals surface area contributed by atoms with E-state index in [1.807, 2.05) is 13.0 Å². The van der Waals surface area contributed by atoms with E-state index in [4.69, 9.17) is 16.3 Å². The summed E-state index contributed by atoms with van der Waals surface area (Å²) in [7, 11) is -3.57. The molecule has 1 heterocycles. The van der Waals surface area contributed by atoms with E-state index in [9.17, 15) is 8.42 Å². The van der Waals surface area contributed by atoms with Crippen molar-refractivity contribution >= 4 is 21.6 Å². The number of nitrogens with one attached hydrogen (secondary N) is 1. The standard InChI is InChI=1S/C14H21ClN2O3S/c1-2-16-11-12-4-5-13(15)14(10-12)21(18,19)17-6-3-8-20-9-7-17/h4-5,10,16H,2-3,6-9,11H2,1H3. The Morgan fingerprint density at radius 2 is 2.14 bits per heavy atom. The Hall–Kier alpha value is -0.660. The van der Waals surface area contributed by atoms with Gasteiger partial charge in [0, 0.05) is 26.2 Å². The Kier molecular flexibility index (Phi) is 6.01. The van der Waals surface area contributed by atoms with Crippen LogP contribution in [0.25, 0.3) is 0 Å². The summed E-state index contributed by atoms with van der Waals surface area (Å²) in [5, 5.41) is 3.44. The van der Waals surface area contributed by atoms with Crippen LogP contribution in [0.3, 0.4) is 0 Å². The van der Waals surface area contributed by atoms with Crippen molar-refractivity contribution in [2.24, 2.45) is 0 Å². The van der Waals surface area contributed by atoms with Crippen LogP contribution in [0, 0.1) is 0 Å². The predicted molar refractivity (Wildman–Crippen MR) is 83.0 cm³/mol. The topological polar surface area (TPSA) is 58.6 Å². The second-order valence-corrected chi connectivity index (χ2v) is 7.23. The van der Waals surface area contributed by atoms with Gasteiger partial charge in [0.05, 0.1) is 11.6 Å². The van der Waals surface area contributed by atoms with Crippen molar-refractivity contribution < 1.29 is 13.2 Å². The van der Waals surface area contributed by atoms with Crippen molar-refractivity contribution in [2.75, 3.05) is 32.8 Å². The van der Waals surface area contributed by atoms with E-state index in [1.54, 1.807) is 12.1 Å². The molecule has 0 amide bonds. The molecule has 0 bridgehead atoms. The molecular weight excluding hydrogens is 312 g/mol. The Morgan fingerprint density at radius 3 is 2.90 bits per heavy atom. The molecule has 0 radical (unpaired) electrons. The first-order valence-corrected chi connectivity index (χ1v) is 8.94. The monoisotopic (exact) mass is 332 g/mol. The molecule has 1 fully saturated rings. The van der Waals surface area contributed by atoms with Gasteiger partial charge in [0.25, 0.3) is 0 Å². The van der Waals surface area contributed by atoms with Crippen LogP contribution < -0.4 is 5.32 Å². The normalized spacial score (nSPS) is 17.6. The van der Waals surface area contributed by atoms with Crippen molar-refractivity contribution in [3.8, 4) is 0 Å². The van der Waals surface area contributed by atoms with Gasteiger partial charge in [-0.05, 0) is 30.7 Å². The van der Waals surface area contributed by atoms with Crippen molar-refractivity contribution in [2.45, 2.75) is 24.8 Å². The van der Waals surface area contributed by atoms with E-state index in [-0.39, 0.29) is 9.92 Å². The molecule has 0 aliphatic carbocycles. The Balaban J connectivity index is 2.29. The molecule has 0 spiro atoms. The lowest BCUT2D eigenvalue weighted by atomic mass is 10.2. The van der Waals surface area contributed by atoms with E-state index < -0.39 is 10.0 Å². The lowest BCUT2D eigenvalue weighted by molar-refractivity contribution is 0.148. The second kappa shape index (κ2) is 7.56. The molecule has 1 N–H and O–H groups in total.